The van der Waals surface area contributed by atoms with Gasteiger partial charge in [-0.25, -0.2) is 0 Å². The zero-order valence-corrected chi connectivity index (χ0v) is 20.0. The Morgan fingerprint density at radius 1 is 0.970 bits per heavy atom. The maximum absolute atomic E-state index is 12.6. The molecule has 0 unspecified atom stereocenters. The molecule has 1 aliphatic heterocycles. The summed E-state index contributed by atoms with van der Waals surface area (Å²) in [5, 5.41) is 9.47. The third-order valence-electron chi connectivity index (χ3n) is 5.46. The Kier molecular flexibility index (Phi) is 7.13. The van der Waals surface area contributed by atoms with Gasteiger partial charge in [0.1, 0.15) is 12.4 Å². The van der Waals surface area contributed by atoms with E-state index in [9.17, 15) is 9.59 Å². The molecule has 3 aromatic rings. The highest BCUT2D eigenvalue weighted by molar-refractivity contribution is 7.99. The van der Waals surface area contributed by atoms with Crippen molar-refractivity contribution in [1.82, 2.24) is 19.7 Å². The van der Waals surface area contributed by atoms with Crippen LogP contribution in [0.25, 0.3) is 0 Å². The molecule has 2 amide bonds. The Morgan fingerprint density at radius 3 is 2.24 bits per heavy atom. The highest BCUT2D eigenvalue weighted by Crippen LogP contribution is 2.25. The van der Waals surface area contributed by atoms with E-state index in [1.807, 2.05) is 12.1 Å². The molecule has 0 radical (unpaired) electrons. The number of carbonyl (C=O) groups is 2. The van der Waals surface area contributed by atoms with Gasteiger partial charge in [-0.3, -0.25) is 14.5 Å². The summed E-state index contributed by atoms with van der Waals surface area (Å²) in [7, 11) is 0. The van der Waals surface area contributed by atoms with Gasteiger partial charge >= 0.3 is 0 Å². The lowest BCUT2D eigenvalue weighted by Gasteiger charge is -2.15. The number of carbonyl (C=O) groups excluding carboxylic acids is 2. The van der Waals surface area contributed by atoms with E-state index in [-0.39, 0.29) is 11.8 Å². The molecule has 8 heteroatoms. The number of hydrogen-bond donors (Lipinski definition) is 0. The Labute approximate surface area is 198 Å². The fourth-order valence-electron chi connectivity index (χ4n) is 3.72. The first-order chi connectivity index (χ1) is 16.0. The van der Waals surface area contributed by atoms with Crippen LogP contribution in [0, 0.1) is 5.92 Å². The quantitative estimate of drug-likeness (QED) is 0.326. The number of rotatable bonds is 10. The normalized spacial score (nSPS) is 13.2. The smallest absolute Gasteiger partial charge is 0.261 e. The second kappa shape index (κ2) is 10.2. The van der Waals surface area contributed by atoms with Gasteiger partial charge in [0.2, 0.25) is 0 Å². The zero-order valence-electron chi connectivity index (χ0n) is 19.2. The Hall–Kier alpha value is -3.13. The van der Waals surface area contributed by atoms with Crippen LogP contribution >= 0.6 is 11.8 Å². The fraction of sp³-hybridized carbons (Fsp3) is 0.360. The van der Waals surface area contributed by atoms with E-state index in [1.54, 1.807) is 24.3 Å². The van der Waals surface area contributed by atoms with Crippen molar-refractivity contribution in [3.05, 3.63) is 71.0 Å². The predicted molar refractivity (Wildman–Crippen MR) is 128 cm³/mol. The summed E-state index contributed by atoms with van der Waals surface area (Å²) in [5.74, 6) is 2.03. The Balaban J connectivity index is 1.40. The summed E-state index contributed by atoms with van der Waals surface area (Å²) in [6.45, 7) is 7.81. The third kappa shape index (κ3) is 5.11. The molecule has 0 atom stereocenters. The molecular formula is C25H28N4O3S. The van der Waals surface area contributed by atoms with Crippen molar-refractivity contribution in [1.29, 1.82) is 0 Å². The largest absolute Gasteiger partial charge is 0.486 e. The second-order valence-corrected chi connectivity index (χ2v) is 9.41. The number of thioether (sulfide) groups is 1. The van der Waals surface area contributed by atoms with Crippen LogP contribution in [-0.4, -0.2) is 43.8 Å². The minimum Gasteiger partial charge on any atom is -0.486 e. The lowest BCUT2D eigenvalue weighted by Crippen LogP contribution is -2.31. The van der Waals surface area contributed by atoms with Crippen molar-refractivity contribution in [2.45, 2.75) is 45.5 Å². The summed E-state index contributed by atoms with van der Waals surface area (Å²) in [6.07, 6.45) is 0.990. The zero-order chi connectivity index (χ0) is 23.4. The van der Waals surface area contributed by atoms with Gasteiger partial charge < -0.3 is 9.30 Å². The molecule has 4 rings (SSSR count). The third-order valence-corrected chi connectivity index (χ3v) is 6.41. The number of hydrogen-bond acceptors (Lipinski definition) is 6. The van der Waals surface area contributed by atoms with E-state index < -0.39 is 0 Å². The first-order valence-corrected chi connectivity index (χ1v) is 12.2. The standard InChI is InChI=1S/C25H28N4O3S/c1-4-18-9-11-19(12-10-18)32-16-22-26-27-25(29(22)15-17(2)3)33-14-13-28-23(30)20-7-5-6-8-21(20)24(28)31/h5-12,17H,4,13-16H2,1-3H3. The van der Waals surface area contributed by atoms with Gasteiger partial charge in [-0.2, -0.15) is 0 Å². The Bertz CT molecular complexity index is 1110. The maximum Gasteiger partial charge on any atom is 0.261 e. The number of aryl methyl sites for hydroxylation is 1. The number of fused-ring (bicyclic) bond motifs is 1. The monoisotopic (exact) mass is 464 g/mol. The van der Waals surface area contributed by atoms with Crippen molar-refractivity contribution in [3.63, 3.8) is 0 Å². The molecule has 0 aliphatic carbocycles. The summed E-state index contributed by atoms with van der Waals surface area (Å²) in [6, 6.07) is 15.0. The molecule has 0 N–H and O–H groups in total. The lowest BCUT2D eigenvalue weighted by molar-refractivity contribution is 0.0664. The molecule has 0 saturated heterocycles. The van der Waals surface area contributed by atoms with Gasteiger partial charge in [0, 0.05) is 18.8 Å². The molecule has 0 spiro atoms. The van der Waals surface area contributed by atoms with Crippen molar-refractivity contribution in [2.24, 2.45) is 5.92 Å². The molecule has 172 valence electrons. The molecule has 33 heavy (non-hydrogen) atoms. The first-order valence-electron chi connectivity index (χ1n) is 11.2. The van der Waals surface area contributed by atoms with Gasteiger partial charge in [0.05, 0.1) is 11.1 Å². The van der Waals surface area contributed by atoms with Crippen LogP contribution < -0.4 is 4.74 Å². The predicted octanol–water partition coefficient (Wildman–Crippen LogP) is 4.46. The molecule has 0 fully saturated rings. The van der Waals surface area contributed by atoms with Gasteiger partial charge in [-0.15, -0.1) is 10.2 Å². The summed E-state index contributed by atoms with van der Waals surface area (Å²) in [4.78, 5) is 26.5. The maximum atomic E-state index is 12.6. The Morgan fingerprint density at radius 2 is 1.64 bits per heavy atom. The van der Waals surface area contributed by atoms with Crippen molar-refractivity contribution in [2.75, 3.05) is 12.3 Å². The van der Waals surface area contributed by atoms with Crippen LogP contribution in [0.1, 0.15) is 52.9 Å². The molecule has 0 saturated carbocycles. The molecule has 1 aromatic heterocycles. The number of benzene rings is 2. The van der Waals surface area contributed by atoms with Crippen molar-refractivity contribution >= 4 is 23.6 Å². The average Bonchev–Trinajstić information content (AvgIpc) is 3.31. The minimum absolute atomic E-state index is 0.233. The van der Waals surface area contributed by atoms with Gasteiger partial charge in [-0.1, -0.05) is 56.8 Å². The molecule has 7 nitrogen and oxygen atoms in total. The average molecular weight is 465 g/mol. The van der Waals surface area contributed by atoms with Crippen molar-refractivity contribution in [3.8, 4) is 5.75 Å². The summed E-state index contributed by atoms with van der Waals surface area (Å²) >= 11 is 1.49. The van der Waals surface area contributed by atoms with Gasteiger partial charge in [0.25, 0.3) is 11.8 Å². The van der Waals surface area contributed by atoms with Gasteiger partial charge in [-0.05, 0) is 42.2 Å². The summed E-state index contributed by atoms with van der Waals surface area (Å²) in [5.41, 5.74) is 2.21. The number of imide groups is 1. The summed E-state index contributed by atoms with van der Waals surface area (Å²) < 4.78 is 8.01. The van der Waals surface area contributed by atoms with Crippen LogP contribution in [0.5, 0.6) is 5.75 Å². The fourth-order valence-corrected chi connectivity index (χ4v) is 4.61. The van der Waals surface area contributed by atoms with E-state index in [2.05, 4.69) is 47.7 Å². The topological polar surface area (TPSA) is 77.3 Å². The van der Waals surface area contributed by atoms with E-state index >= 15 is 0 Å². The number of ether oxygens (including phenoxy) is 1. The number of amides is 2. The second-order valence-electron chi connectivity index (χ2n) is 8.35. The van der Waals surface area contributed by atoms with Gasteiger partial charge in [0.15, 0.2) is 11.0 Å². The van der Waals surface area contributed by atoms with E-state index in [0.29, 0.717) is 35.9 Å². The van der Waals surface area contributed by atoms with Crippen LogP contribution in [0.3, 0.4) is 0 Å². The highest BCUT2D eigenvalue weighted by atomic mass is 32.2. The first kappa shape index (κ1) is 23.0. The van der Waals surface area contributed by atoms with E-state index in [0.717, 1.165) is 29.7 Å². The van der Waals surface area contributed by atoms with Crippen LogP contribution in [0.4, 0.5) is 0 Å². The van der Waals surface area contributed by atoms with E-state index in [1.165, 1.54) is 22.2 Å². The molecule has 2 heterocycles. The SMILES string of the molecule is CCc1ccc(OCc2nnc(SCCN3C(=O)c4ccccc4C3=O)n2CC(C)C)cc1. The number of nitrogens with zero attached hydrogens (tertiary/aromatic N) is 4. The van der Waals surface area contributed by atoms with E-state index in [4.69, 9.17) is 4.74 Å². The highest BCUT2D eigenvalue weighted by Gasteiger charge is 2.34. The van der Waals surface area contributed by atoms with Crippen LogP contribution in [0.2, 0.25) is 0 Å². The lowest BCUT2D eigenvalue weighted by atomic mass is 10.1. The van der Waals surface area contributed by atoms with Crippen molar-refractivity contribution < 1.29 is 14.3 Å². The minimum atomic E-state index is -0.233. The molecule has 0 bridgehead atoms. The molecular weight excluding hydrogens is 436 g/mol. The van der Waals surface area contributed by atoms with Crippen LogP contribution in [-0.2, 0) is 19.6 Å². The molecule has 1 aliphatic rings. The number of aromatic nitrogens is 3. The molecule has 2 aromatic carbocycles. The van der Waals surface area contributed by atoms with Crippen LogP contribution in [0.15, 0.2) is 53.7 Å².